The molecule has 0 saturated carbocycles. The van der Waals surface area contributed by atoms with Gasteiger partial charge in [0.1, 0.15) is 5.75 Å². The smallest absolute Gasteiger partial charge is 0.228 e. The lowest BCUT2D eigenvalue weighted by Crippen LogP contribution is -3.00. The predicted octanol–water partition coefficient (Wildman–Crippen LogP) is 3.97. The molecular weight excluding hydrogens is 532 g/mol. The van der Waals surface area contributed by atoms with Crippen molar-refractivity contribution in [3.05, 3.63) is 75.2 Å². The summed E-state index contributed by atoms with van der Waals surface area (Å²) in [6.45, 7) is 5.78. The molecule has 0 atom stereocenters. The Kier molecular flexibility index (Phi) is 12.7. The Labute approximate surface area is 223 Å². The largest absolute Gasteiger partial charge is 1.00 e. The van der Waals surface area contributed by atoms with Crippen LogP contribution >= 0.6 is 22.9 Å². The number of aromatic nitrogens is 1. The zero-order chi connectivity index (χ0) is 23.5. The summed E-state index contributed by atoms with van der Waals surface area (Å²) in [6.07, 6.45) is 7.61. The summed E-state index contributed by atoms with van der Waals surface area (Å²) < 4.78 is 8.03. The van der Waals surface area contributed by atoms with Crippen LogP contribution in [0.2, 0.25) is 5.02 Å². The summed E-state index contributed by atoms with van der Waals surface area (Å²) in [5.41, 5.74) is 6.15. The lowest BCUT2D eigenvalue weighted by Gasteiger charge is -2.10. The Bertz CT molecular complexity index is 1040. The van der Waals surface area contributed by atoms with Gasteiger partial charge in [-0.15, -0.1) is 0 Å². The molecule has 7 heteroatoms. The van der Waals surface area contributed by atoms with Crippen molar-refractivity contribution in [2.45, 2.75) is 65.3 Å². The molecule has 3 aromatic rings. The van der Waals surface area contributed by atoms with Gasteiger partial charge >= 0.3 is 0 Å². The molecular formula is C27H34BrClN2O2S. The Morgan fingerprint density at radius 3 is 2.59 bits per heavy atom. The quantitative estimate of drug-likeness (QED) is 0.252. The van der Waals surface area contributed by atoms with Gasteiger partial charge in [-0.25, -0.2) is 0 Å². The van der Waals surface area contributed by atoms with E-state index >= 15 is 0 Å². The van der Waals surface area contributed by atoms with E-state index in [0.717, 1.165) is 29.8 Å². The molecule has 34 heavy (non-hydrogen) atoms. The van der Waals surface area contributed by atoms with Gasteiger partial charge in [-0.3, -0.25) is 4.79 Å². The van der Waals surface area contributed by atoms with Crippen molar-refractivity contribution >= 4 is 34.5 Å². The van der Waals surface area contributed by atoms with Gasteiger partial charge in [-0.05, 0) is 36.2 Å². The lowest BCUT2D eigenvalue weighted by molar-refractivity contribution is -0.689. The first-order valence-electron chi connectivity index (χ1n) is 11.8. The van der Waals surface area contributed by atoms with Crippen LogP contribution in [0.15, 0.2) is 53.4 Å². The summed E-state index contributed by atoms with van der Waals surface area (Å²) in [7, 11) is 0. The van der Waals surface area contributed by atoms with E-state index in [1.165, 1.54) is 37.8 Å². The zero-order valence-corrected chi connectivity index (χ0v) is 23.1. The molecule has 0 fully saturated rings. The van der Waals surface area contributed by atoms with Gasteiger partial charge < -0.3 is 27.0 Å². The van der Waals surface area contributed by atoms with Crippen molar-refractivity contribution in [3.63, 3.8) is 0 Å². The van der Waals surface area contributed by atoms with Crippen molar-refractivity contribution in [3.8, 4) is 5.75 Å². The van der Waals surface area contributed by atoms with Gasteiger partial charge in [0.2, 0.25) is 11.4 Å². The van der Waals surface area contributed by atoms with Crippen LogP contribution in [0.25, 0.3) is 0 Å². The van der Waals surface area contributed by atoms with Gasteiger partial charge in [0, 0.05) is 18.2 Å². The van der Waals surface area contributed by atoms with Crippen LogP contribution in [0.4, 0.5) is 5.69 Å². The predicted molar refractivity (Wildman–Crippen MR) is 137 cm³/mol. The zero-order valence-electron chi connectivity index (χ0n) is 20.0. The minimum absolute atomic E-state index is 0. The first kappa shape index (κ1) is 28.3. The van der Waals surface area contributed by atoms with Crippen molar-refractivity contribution in [2.75, 3.05) is 11.9 Å². The highest BCUT2D eigenvalue weighted by Gasteiger charge is 2.11. The second kappa shape index (κ2) is 15.2. The van der Waals surface area contributed by atoms with Crippen LogP contribution in [-0.2, 0) is 17.8 Å². The maximum Gasteiger partial charge on any atom is 0.228 e. The van der Waals surface area contributed by atoms with Gasteiger partial charge in [-0.2, -0.15) is 4.57 Å². The number of hydrogen-bond donors (Lipinski definition) is 1. The average Bonchev–Trinajstić information content (AvgIpc) is 3.19. The van der Waals surface area contributed by atoms with Crippen molar-refractivity contribution < 1.29 is 31.1 Å². The third-order valence-corrected chi connectivity index (χ3v) is 6.71. The maximum atomic E-state index is 12.6. The third kappa shape index (κ3) is 9.40. The van der Waals surface area contributed by atoms with E-state index in [9.17, 15) is 4.79 Å². The highest BCUT2D eigenvalue weighted by Crippen LogP contribution is 2.26. The summed E-state index contributed by atoms with van der Waals surface area (Å²) >= 11 is 8.08. The molecule has 0 unspecified atom stereocenters. The Morgan fingerprint density at radius 2 is 1.85 bits per heavy atom. The Balaban J connectivity index is 0.00000408. The van der Waals surface area contributed by atoms with Crippen molar-refractivity contribution in [2.24, 2.45) is 0 Å². The number of hydrogen-bond acceptors (Lipinski definition) is 3. The fourth-order valence-corrected chi connectivity index (χ4v) is 4.72. The molecule has 0 aliphatic carbocycles. The molecule has 1 heterocycles. The number of halogens is 2. The molecule has 0 bridgehead atoms. The van der Waals surface area contributed by atoms with E-state index in [4.69, 9.17) is 16.3 Å². The molecule has 1 aromatic heterocycles. The van der Waals surface area contributed by atoms with Gasteiger partial charge in [0.25, 0.3) is 0 Å². The molecule has 0 aliphatic rings. The standard InChI is InChI=1S/C27H33ClN2O2S.BrH/c1-3-4-5-6-7-8-14-32-26-13-12-22(16-25(26)28)17-27(31)29-24-11-9-10-23(15-24)18-30-20-33-19-21(30)2;/h9-13,15-16,19-20H,3-8,14,17-18H2,1-2H3;1H. The topological polar surface area (TPSA) is 42.2 Å². The second-order valence-corrected chi connectivity index (χ2v) is 9.56. The number of unbranched alkanes of at least 4 members (excludes halogenated alkanes) is 5. The number of carbonyl (C=O) groups is 1. The number of carbonyl (C=O) groups excluding carboxylic acids is 1. The number of rotatable bonds is 13. The van der Waals surface area contributed by atoms with E-state index in [1.807, 2.05) is 36.4 Å². The van der Waals surface area contributed by atoms with E-state index < -0.39 is 0 Å². The van der Waals surface area contributed by atoms with Crippen LogP contribution < -0.4 is 31.6 Å². The van der Waals surface area contributed by atoms with Crippen LogP contribution in [0, 0.1) is 6.92 Å². The minimum Gasteiger partial charge on any atom is -1.00 e. The molecule has 0 saturated heterocycles. The summed E-state index contributed by atoms with van der Waals surface area (Å²) in [4.78, 5) is 12.6. The molecule has 1 amide bonds. The SMILES string of the molecule is CCCCCCCCOc1ccc(CC(=O)Nc2cccc(C[n+]3cscc3C)c2)cc1Cl.[Br-]. The summed E-state index contributed by atoms with van der Waals surface area (Å²) in [6, 6.07) is 13.6. The van der Waals surface area contributed by atoms with Crippen molar-refractivity contribution in [1.29, 1.82) is 0 Å². The number of ether oxygens (including phenoxy) is 1. The second-order valence-electron chi connectivity index (χ2n) is 8.43. The number of aryl methyl sites for hydroxylation is 1. The van der Waals surface area contributed by atoms with Crippen LogP contribution in [-0.4, -0.2) is 12.5 Å². The molecule has 1 N–H and O–H groups in total. The Hall–Kier alpha value is -1.89. The Morgan fingerprint density at radius 1 is 1.06 bits per heavy atom. The highest BCUT2D eigenvalue weighted by molar-refractivity contribution is 7.07. The molecule has 0 radical (unpaired) electrons. The van der Waals surface area contributed by atoms with Crippen LogP contribution in [0.1, 0.15) is 62.3 Å². The molecule has 4 nitrogen and oxygen atoms in total. The van der Waals surface area contributed by atoms with E-state index in [1.54, 1.807) is 11.3 Å². The van der Waals surface area contributed by atoms with Gasteiger partial charge in [0.15, 0.2) is 12.2 Å². The summed E-state index contributed by atoms with van der Waals surface area (Å²) in [5, 5.41) is 5.68. The molecule has 3 rings (SSSR count). The maximum absolute atomic E-state index is 12.6. The van der Waals surface area contributed by atoms with E-state index in [0.29, 0.717) is 17.4 Å². The molecule has 0 spiro atoms. The lowest BCUT2D eigenvalue weighted by atomic mass is 10.1. The summed E-state index contributed by atoms with van der Waals surface area (Å²) in [5.74, 6) is 0.617. The highest BCUT2D eigenvalue weighted by atomic mass is 79.9. The van der Waals surface area contributed by atoms with Crippen molar-refractivity contribution in [1.82, 2.24) is 0 Å². The third-order valence-electron chi connectivity index (χ3n) is 5.56. The molecule has 2 aromatic carbocycles. The fourth-order valence-electron chi connectivity index (χ4n) is 3.69. The molecule has 184 valence electrons. The molecule has 0 aliphatic heterocycles. The van der Waals surface area contributed by atoms with E-state index in [2.05, 4.69) is 40.7 Å². The first-order valence-corrected chi connectivity index (χ1v) is 13.1. The van der Waals surface area contributed by atoms with Crippen LogP contribution in [0.5, 0.6) is 5.75 Å². The number of nitrogens with zero attached hydrogens (tertiary/aromatic N) is 1. The van der Waals surface area contributed by atoms with Gasteiger partial charge in [-0.1, -0.05) is 80.2 Å². The number of thiazole rings is 1. The minimum atomic E-state index is -0.0664. The monoisotopic (exact) mass is 564 g/mol. The number of benzene rings is 2. The van der Waals surface area contributed by atoms with E-state index in [-0.39, 0.29) is 29.3 Å². The normalized spacial score (nSPS) is 10.6. The van der Waals surface area contributed by atoms with Gasteiger partial charge in [0.05, 0.1) is 23.4 Å². The fraction of sp³-hybridized carbons (Fsp3) is 0.407. The average molecular weight is 566 g/mol. The van der Waals surface area contributed by atoms with Crippen LogP contribution in [0.3, 0.4) is 0 Å². The number of anilines is 1. The first-order chi connectivity index (χ1) is 16.0. The number of amides is 1. The number of nitrogens with one attached hydrogen (secondary N) is 1.